The van der Waals surface area contributed by atoms with Crippen LogP contribution >= 0.6 is 0 Å². The maximum absolute atomic E-state index is 13.6. The van der Waals surface area contributed by atoms with E-state index in [1.165, 1.54) is 0 Å². The highest BCUT2D eigenvalue weighted by Gasteiger charge is 2.36. The number of aryl methyl sites for hydroxylation is 2. The second kappa shape index (κ2) is 7.63. The summed E-state index contributed by atoms with van der Waals surface area (Å²) in [5, 5.41) is 0.946. The van der Waals surface area contributed by atoms with Crippen molar-refractivity contribution in [2.45, 2.75) is 44.3 Å². The predicted molar refractivity (Wildman–Crippen MR) is 124 cm³/mol. The molecular formula is C23H27N3O2SSi. The number of benzene rings is 1. The van der Waals surface area contributed by atoms with Crippen LogP contribution in [0.5, 0.6) is 0 Å². The third-order valence-corrected chi connectivity index (χ3v) is 9.01. The third-order valence-electron chi connectivity index (χ3n) is 5.42. The molecule has 1 aromatic carbocycles. The van der Waals surface area contributed by atoms with Crippen molar-refractivity contribution in [1.29, 1.82) is 0 Å². The molecule has 0 atom stereocenters. The lowest BCUT2D eigenvalue weighted by atomic mass is 10.0. The summed E-state index contributed by atoms with van der Waals surface area (Å²) in [5.41, 5.74) is 4.81. The summed E-state index contributed by atoms with van der Waals surface area (Å²) < 4.78 is 28.8. The van der Waals surface area contributed by atoms with E-state index in [2.05, 4.69) is 30.7 Å². The summed E-state index contributed by atoms with van der Waals surface area (Å²) in [6.07, 6.45) is 5.17. The average Bonchev–Trinajstić information content (AvgIpc) is 2.72. The van der Waals surface area contributed by atoms with Gasteiger partial charge in [-0.3, -0.25) is 14.3 Å². The zero-order valence-electron chi connectivity index (χ0n) is 17.9. The van der Waals surface area contributed by atoms with Crippen molar-refractivity contribution in [1.82, 2.24) is 9.97 Å². The zero-order valence-corrected chi connectivity index (χ0v) is 19.7. The van der Waals surface area contributed by atoms with E-state index >= 15 is 0 Å². The molecule has 0 spiro atoms. The van der Waals surface area contributed by atoms with Gasteiger partial charge in [0.05, 0.1) is 16.3 Å². The van der Waals surface area contributed by atoms with Crippen LogP contribution in [0.25, 0.3) is 11.3 Å². The molecule has 0 fully saturated rings. The minimum Gasteiger partial charge on any atom is -0.265 e. The SMILES string of the molecule is Cc1ccc(S(=O)(=O)N2CCCc3cc(-c4ccncc4)nc([Si](C)(C)C)c32)cc1. The predicted octanol–water partition coefficient (Wildman–Crippen LogP) is 4.14. The van der Waals surface area contributed by atoms with Crippen LogP contribution in [0.3, 0.4) is 0 Å². The van der Waals surface area contributed by atoms with Gasteiger partial charge in [-0.2, -0.15) is 0 Å². The van der Waals surface area contributed by atoms with Gasteiger partial charge in [-0.1, -0.05) is 37.3 Å². The number of aromatic nitrogens is 2. The molecule has 5 nitrogen and oxygen atoms in total. The Balaban J connectivity index is 1.92. The van der Waals surface area contributed by atoms with Crippen molar-refractivity contribution in [3.8, 4) is 11.3 Å². The van der Waals surface area contributed by atoms with E-state index in [0.717, 1.165) is 46.2 Å². The van der Waals surface area contributed by atoms with Crippen LogP contribution in [0.2, 0.25) is 19.6 Å². The van der Waals surface area contributed by atoms with Crippen LogP contribution in [-0.2, 0) is 16.4 Å². The number of hydrogen-bond donors (Lipinski definition) is 0. The Hall–Kier alpha value is -2.51. The maximum Gasteiger partial charge on any atom is 0.264 e. The maximum atomic E-state index is 13.6. The van der Waals surface area contributed by atoms with Gasteiger partial charge in [0.2, 0.25) is 0 Å². The van der Waals surface area contributed by atoms with E-state index in [1.807, 2.05) is 31.2 Å². The van der Waals surface area contributed by atoms with E-state index in [0.29, 0.717) is 11.4 Å². The van der Waals surface area contributed by atoms with Crippen molar-refractivity contribution < 1.29 is 8.42 Å². The lowest BCUT2D eigenvalue weighted by Gasteiger charge is -2.35. The molecule has 2 aromatic heterocycles. The zero-order chi connectivity index (χ0) is 21.5. The highest BCUT2D eigenvalue weighted by atomic mass is 32.2. The Labute approximate surface area is 179 Å². The quantitative estimate of drug-likeness (QED) is 0.576. The summed E-state index contributed by atoms with van der Waals surface area (Å²) in [6, 6.07) is 13.1. The summed E-state index contributed by atoms with van der Waals surface area (Å²) in [6.45, 7) is 9.10. The molecule has 156 valence electrons. The first-order valence-corrected chi connectivity index (χ1v) is 15.2. The summed E-state index contributed by atoms with van der Waals surface area (Å²) >= 11 is 0. The molecule has 3 aromatic rings. The number of fused-ring (bicyclic) bond motifs is 1. The Bertz CT molecular complexity index is 1170. The molecule has 30 heavy (non-hydrogen) atoms. The first-order chi connectivity index (χ1) is 14.2. The van der Waals surface area contributed by atoms with Crippen molar-refractivity contribution in [3.05, 3.63) is 66.0 Å². The third kappa shape index (κ3) is 3.79. The molecule has 4 rings (SSSR count). The second-order valence-electron chi connectivity index (χ2n) is 8.84. The Morgan fingerprint density at radius 3 is 2.30 bits per heavy atom. The molecule has 1 aliphatic heterocycles. The van der Waals surface area contributed by atoms with Crippen LogP contribution in [-0.4, -0.2) is 33.0 Å². The van der Waals surface area contributed by atoms with Gasteiger partial charge in [0.25, 0.3) is 10.0 Å². The molecule has 0 aliphatic carbocycles. The van der Waals surface area contributed by atoms with Crippen molar-refractivity contribution in [2.24, 2.45) is 0 Å². The molecule has 7 heteroatoms. The van der Waals surface area contributed by atoms with E-state index in [9.17, 15) is 8.42 Å². The lowest BCUT2D eigenvalue weighted by Crippen LogP contribution is -2.48. The van der Waals surface area contributed by atoms with E-state index in [1.54, 1.807) is 28.8 Å². The molecule has 0 radical (unpaired) electrons. The summed E-state index contributed by atoms with van der Waals surface area (Å²) in [7, 11) is -5.59. The molecule has 1 aliphatic rings. The van der Waals surface area contributed by atoms with Crippen LogP contribution in [0.15, 0.2) is 59.8 Å². The Morgan fingerprint density at radius 2 is 1.67 bits per heavy atom. The fourth-order valence-electron chi connectivity index (χ4n) is 3.86. The molecule has 0 unspecified atom stereocenters. The largest absolute Gasteiger partial charge is 0.265 e. The van der Waals surface area contributed by atoms with Crippen LogP contribution < -0.4 is 9.62 Å². The number of sulfonamides is 1. The smallest absolute Gasteiger partial charge is 0.264 e. The van der Waals surface area contributed by atoms with E-state index in [-0.39, 0.29) is 0 Å². The van der Waals surface area contributed by atoms with Crippen LogP contribution in [0, 0.1) is 6.92 Å². The van der Waals surface area contributed by atoms with Crippen LogP contribution in [0.1, 0.15) is 17.5 Å². The van der Waals surface area contributed by atoms with Gasteiger partial charge in [0, 0.05) is 29.8 Å². The van der Waals surface area contributed by atoms with Crippen LogP contribution in [0.4, 0.5) is 5.69 Å². The lowest BCUT2D eigenvalue weighted by molar-refractivity contribution is 0.586. The fourth-order valence-corrected chi connectivity index (χ4v) is 6.95. The topological polar surface area (TPSA) is 63.2 Å². The van der Waals surface area contributed by atoms with Gasteiger partial charge in [-0.25, -0.2) is 8.42 Å². The van der Waals surface area contributed by atoms with Gasteiger partial charge in [-0.15, -0.1) is 0 Å². The molecule has 0 bridgehead atoms. The van der Waals surface area contributed by atoms with E-state index < -0.39 is 18.1 Å². The number of rotatable bonds is 4. The summed E-state index contributed by atoms with van der Waals surface area (Å²) in [4.78, 5) is 9.47. The highest BCUT2D eigenvalue weighted by Crippen LogP contribution is 2.34. The van der Waals surface area contributed by atoms with Crippen molar-refractivity contribution in [2.75, 3.05) is 10.8 Å². The van der Waals surface area contributed by atoms with Gasteiger partial charge >= 0.3 is 0 Å². The second-order valence-corrected chi connectivity index (χ2v) is 15.7. The number of pyridine rings is 2. The molecule has 3 heterocycles. The minimum absolute atomic E-state index is 0.334. The van der Waals surface area contributed by atoms with Gasteiger partial charge in [0.15, 0.2) is 0 Å². The first kappa shape index (κ1) is 20.7. The fraction of sp³-hybridized carbons (Fsp3) is 0.304. The van der Waals surface area contributed by atoms with E-state index in [4.69, 9.17) is 4.98 Å². The number of nitrogens with zero attached hydrogens (tertiary/aromatic N) is 3. The Kier molecular flexibility index (Phi) is 5.28. The summed E-state index contributed by atoms with van der Waals surface area (Å²) in [5.74, 6) is 0. The first-order valence-electron chi connectivity index (χ1n) is 10.2. The standard InChI is InChI=1S/C23H27N3O2SSi/c1-17-7-9-20(10-8-17)29(27,28)26-15-5-6-19-16-21(18-11-13-24-14-12-18)25-23(22(19)26)30(2,3)4/h7-14,16H,5-6,15H2,1-4H3. The van der Waals surface area contributed by atoms with Gasteiger partial charge in [-0.05, 0) is 55.7 Å². The molecule has 0 N–H and O–H groups in total. The van der Waals surface area contributed by atoms with Gasteiger partial charge in [0.1, 0.15) is 8.07 Å². The number of anilines is 1. The highest BCUT2D eigenvalue weighted by molar-refractivity contribution is 7.92. The van der Waals surface area contributed by atoms with Crippen molar-refractivity contribution >= 4 is 29.1 Å². The normalized spacial score (nSPS) is 14.5. The monoisotopic (exact) mass is 437 g/mol. The molecular weight excluding hydrogens is 410 g/mol. The average molecular weight is 438 g/mol. The number of hydrogen-bond acceptors (Lipinski definition) is 4. The van der Waals surface area contributed by atoms with Gasteiger partial charge < -0.3 is 0 Å². The molecule has 0 saturated carbocycles. The Morgan fingerprint density at radius 1 is 1.00 bits per heavy atom. The molecule has 0 amide bonds. The molecule has 0 saturated heterocycles. The van der Waals surface area contributed by atoms with Crippen molar-refractivity contribution in [3.63, 3.8) is 0 Å². The minimum atomic E-state index is -3.65.